The van der Waals surface area contributed by atoms with Gasteiger partial charge >= 0.3 is 18.0 Å². The molecule has 2 aromatic carbocycles. The number of esters is 2. The predicted octanol–water partition coefficient (Wildman–Crippen LogP) is 6.27. The summed E-state index contributed by atoms with van der Waals surface area (Å²) in [5, 5.41) is 8.43. The smallest absolute Gasteiger partial charge is 0.407 e. The van der Waals surface area contributed by atoms with E-state index >= 15 is 0 Å². The second-order valence-corrected chi connectivity index (χ2v) is 14.5. The van der Waals surface area contributed by atoms with Crippen LogP contribution in [0.5, 0.6) is 0 Å². The third kappa shape index (κ3) is 17.3. The number of carbonyl (C=O) groups excluding carboxylic acids is 5. The zero-order valence-electron chi connectivity index (χ0n) is 31.1. The third-order valence-electron chi connectivity index (χ3n) is 7.43. The molecule has 0 radical (unpaired) electrons. The molecule has 3 amide bonds. The van der Waals surface area contributed by atoms with E-state index in [2.05, 4.69) is 16.0 Å². The van der Waals surface area contributed by atoms with E-state index in [1.165, 1.54) is 0 Å². The van der Waals surface area contributed by atoms with Crippen LogP contribution in [0.1, 0.15) is 99.5 Å². The summed E-state index contributed by atoms with van der Waals surface area (Å²) in [6.45, 7) is 14.7. The Hall–Kier alpha value is -4.41. The molecule has 0 aliphatic rings. The van der Waals surface area contributed by atoms with Crippen molar-refractivity contribution in [3.63, 3.8) is 0 Å². The van der Waals surface area contributed by atoms with Crippen LogP contribution in [-0.2, 0) is 39.8 Å². The molecule has 0 bridgehead atoms. The first-order valence-electron chi connectivity index (χ1n) is 17.5. The maximum atomic E-state index is 13.1. The number of unbranched alkanes of at least 4 members (excludes halogenated alkanes) is 1. The minimum absolute atomic E-state index is 0.107. The van der Waals surface area contributed by atoms with Gasteiger partial charge in [-0.25, -0.2) is 9.59 Å². The Kier molecular flexibility index (Phi) is 17.0. The first-order chi connectivity index (χ1) is 23.5. The van der Waals surface area contributed by atoms with E-state index in [0.717, 1.165) is 16.7 Å². The number of benzene rings is 2. The van der Waals surface area contributed by atoms with Crippen molar-refractivity contribution in [2.45, 2.75) is 124 Å². The Bertz CT molecular complexity index is 1380. The van der Waals surface area contributed by atoms with Crippen LogP contribution < -0.4 is 16.0 Å². The lowest BCUT2D eigenvalue weighted by Gasteiger charge is -2.25. The molecule has 11 heteroatoms. The van der Waals surface area contributed by atoms with Crippen LogP contribution in [0.15, 0.2) is 54.6 Å². The number of ether oxygens (including phenoxy) is 3. The van der Waals surface area contributed by atoms with Gasteiger partial charge in [-0.05, 0) is 97.3 Å². The molecule has 0 heterocycles. The van der Waals surface area contributed by atoms with E-state index in [0.29, 0.717) is 38.6 Å². The first kappa shape index (κ1) is 41.8. The normalized spacial score (nSPS) is 13.3. The van der Waals surface area contributed by atoms with E-state index < -0.39 is 41.1 Å². The highest BCUT2D eigenvalue weighted by Gasteiger charge is 2.27. The summed E-state index contributed by atoms with van der Waals surface area (Å²) in [6.07, 6.45) is 1.44. The van der Waals surface area contributed by atoms with Crippen LogP contribution >= 0.6 is 0 Å². The summed E-state index contributed by atoms with van der Waals surface area (Å²) >= 11 is 0. The molecule has 2 rings (SSSR count). The van der Waals surface area contributed by atoms with Crippen LogP contribution in [-0.4, -0.2) is 66.3 Å². The average molecular weight is 696 g/mol. The monoisotopic (exact) mass is 695 g/mol. The Morgan fingerprint density at radius 3 is 1.88 bits per heavy atom. The van der Waals surface area contributed by atoms with Crippen molar-refractivity contribution < 1.29 is 38.2 Å². The molecular formula is C39H57N3O8. The second kappa shape index (κ2) is 20.3. The van der Waals surface area contributed by atoms with Crippen LogP contribution in [0, 0.1) is 5.92 Å². The van der Waals surface area contributed by atoms with Gasteiger partial charge in [0.2, 0.25) is 11.8 Å². The Morgan fingerprint density at radius 1 is 0.720 bits per heavy atom. The molecule has 0 saturated carbocycles. The molecule has 0 fully saturated rings. The van der Waals surface area contributed by atoms with Crippen molar-refractivity contribution in [1.29, 1.82) is 0 Å². The van der Waals surface area contributed by atoms with Crippen LogP contribution in [0.4, 0.5) is 4.79 Å². The van der Waals surface area contributed by atoms with Gasteiger partial charge in [-0.1, -0.05) is 61.5 Å². The van der Waals surface area contributed by atoms with Crippen molar-refractivity contribution >= 4 is 29.8 Å². The molecule has 2 aromatic rings. The van der Waals surface area contributed by atoms with Gasteiger partial charge in [0, 0.05) is 25.4 Å². The fraction of sp³-hybridized carbons (Fsp3) is 0.564. The Labute approximate surface area is 297 Å². The van der Waals surface area contributed by atoms with Gasteiger partial charge < -0.3 is 30.2 Å². The first-order valence-corrected chi connectivity index (χ1v) is 17.5. The maximum absolute atomic E-state index is 13.1. The zero-order chi connectivity index (χ0) is 37.3. The van der Waals surface area contributed by atoms with E-state index in [-0.39, 0.29) is 37.4 Å². The molecule has 0 aliphatic carbocycles. The van der Waals surface area contributed by atoms with Crippen LogP contribution in [0.3, 0.4) is 0 Å². The largest absolute Gasteiger partial charge is 0.466 e. The molecule has 0 unspecified atom stereocenters. The van der Waals surface area contributed by atoms with Crippen LogP contribution in [0.2, 0.25) is 0 Å². The summed E-state index contributed by atoms with van der Waals surface area (Å²) in [4.78, 5) is 63.3. The minimum atomic E-state index is -0.914. The fourth-order valence-corrected chi connectivity index (χ4v) is 5.14. The summed E-state index contributed by atoms with van der Waals surface area (Å²) in [7, 11) is 0. The van der Waals surface area contributed by atoms with Crippen molar-refractivity contribution in [3.8, 4) is 11.1 Å². The molecule has 11 nitrogen and oxygen atoms in total. The van der Waals surface area contributed by atoms with E-state index in [4.69, 9.17) is 14.2 Å². The molecule has 0 aliphatic heterocycles. The predicted molar refractivity (Wildman–Crippen MR) is 193 cm³/mol. The number of hydrogen-bond acceptors (Lipinski definition) is 8. The highest BCUT2D eigenvalue weighted by molar-refractivity contribution is 5.87. The van der Waals surface area contributed by atoms with Gasteiger partial charge in [-0.3, -0.25) is 14.4 Å². The van der Waals surface area contributed by atoms with Crippen molar-refractivity contribution in [2.75, 3.05) is 13.2 Å². The molecule has 0 spiro atoms. The van der Waals surface area contributed by atoms with Gasteiger partial charge in [-0.15, -0.1) is 0 Å². The van der Waals surface area contributed by atoms with Crippen molar-refractivity contribution in [3.05, 3.63) is 60.2 Å². The summed E-state index contributed by atoms with van der Waals surface area (Å²) in [5.41, 5.74) is 1.80. The lowest BCUT2D eigenvalue weighted by atomic mass is 9.94. The van der Waals surface area contributed by atoms with Gasteiger partial charge in [0.25, 0.3) is 0 Å². The molecule has 50 heavy (non-hydrogen) atoms. The van der Waals surface area contributed by atoms with Crippen molar-refractivity contribution in [1.82, 2.24) is 16.0 Å². The molecule has 0 saturated heterocycles. The quantitative estimate of drug-likeness (QED) is 0.0939. The number of alkyl carbamates (subject to hydrolysis) is 1. The van der Waals surface area contributed by atoms with Crippen molar-refractivity contribution in [2.24, 2.45) is 5.92 Å². The molecule has 0 aromatic heterocycles. The minimum Gasteiger partial charge on any atom is -0.466 e. The number of nitrogens with one attached hydrogen (secondary N) is 3. The second-order valence-electron chi connectivity index (χ2n) is 14.5. The lowest BCUT2D eigenvalue weighted by Crippen LogP contribution is -2.45. The molecular weight excluding hydrogens is 638 g/mol. The summed E-state index contributed by atoms with van der Waals surface area (Å²) < 4.78 is 16.0. The van der Waals surface area contributed by atoms with Gasteiger partial charge in [0.15, 0.2) is 0 Å². The van der Waals surface area contributed by atoms with E-state index in [9.17, 15) is 24.0 Å². The number of rotatable bonds is 18. The summed E-state index contributed by atoms with van der Waals surface area (Å²) in [5.74, 6) is -2.15. The van der Waals surface area contributed by atoms with Gasteiger partial charge in [-0.2, -0.15) is 0 Å². The zero-order valence-corrected chi connectivity index (χ0v) is 31.1. The van der Waals surface area contributed by atoms with Gasteiger partial charge in [0.05, 0.1) is 12.5 Å². The highest BCUT2D eigenvalue weighted by Crippen LogP contribution is 2.21. The number of hydrogen-bond donors (Lipinski definition) is 3. The molecule has 3 atom stereocenters. The SMILES string of the molecule is CCOC(=O)[C@H](C)C[C@@H](Cc1ccc(-c2ccccc2)cc1)NC(=O)CCC(=O)N[C@@H](CCCCNC(=O)OC(C)(C)C)C(=O)OC(C)(C)C. The maximum Gasteiger partial charge on any atom is 0.407 e. The van der Waals surface area contributed by atoms with Crippen LogP contribution in [0.25, 0.3) is 11.1 Å². The standard InChI is InChI=1S/C39H57N3O8/c1-9-48-35(45)27(2)25-31(26-28-18-20-30(21-19-28)29-15-11-10-12-16-29)41-33(43)22-23-34(44)42-32(36(46)49-38(3,4)5)17-13-14-24-40-37(47)50-39(6,7)8/h10-12,15-16,18-21,27,31-32H,9,13-14,17,22-26H2,1-8H3,(H,40,47)(H,41,43)(H,42,44)/t27-,31+,32+/m1/s1. The molecule has 276 valence electrons. The average Bonchev–Trinajstić information content (AvgIpc) is 3.02. The molecule has 3 N–H and O–H groups in total. The topological polar surface area (TPSA) is 149 Å². The Morgan fingerprint density at radius 2 is 1.30 bits per heavy atom. The summed E-state index contributed by atoms with van der Waals surface area (Å²) in [6, 6.07) is 16.8. The lowest BCUT2D eigenvalue weighted by molar-refractivity contribution is -0.159. The van der Waals surface area contributed by atoms with E-state index in [1.807, 2.05) is 54.6 Å². The third-order valence-corrected chi connectivity index (χ3v) is 7.43. The Balaban J connectivity index is 1.99. The fourth-order valence-electron chi connectivity index (χ4n) is 5.14. The highest BCUT2D eigenvalue weighted by atomic mass is 16.6. The number of amides is 3. The van der Waals surface area contributed by atoms with E-state index in [1.54, 1.807) is 55.4 Å². The van der Waals surface area contributed by atoms with Gasteiger partial charge in [0.1, 0.15) is 17.2 Å². The number of carbonyl (C=O) groups is 5.